The quantitative estimate of drug-likeness (QED) is 0.911. The predicted octanol–water partition coefficient (Wildman–Crippen LogP) is 3.47. The first kappa shape index (κ1) is 12.2. The Morgan fingerprint density at radius 2 is 2.05 bits per heavy atom. The van der Waals surface area contributed by atoms with Gasteiger partial charge in [0.25, 0.3) is 0 Å². The number of nitrogens with two attached hydrogens (primary N) is 1. The minimum atomic E-state index is 0.524. The van der Waals surface area contributed by atoms with Gasteiger partial charge < -0.3 is 5.73 Å². The van der Waals surface area contributed by atoms with Gasteiger partial charge >= 0.3 is 0 Å². The highest BCUT2D eigenvalue weighted by Gasteiger charge is 2.28. The fraction of sp³-hybridized carbons (Fsp3) is 0.375. The average molecular weight is 253 g/mol. The van der Waals surface area contributed by atoms with E-state index in [1.54, 1.807) is 0 Å². The van der Waals surface area contributed by atoms with Crippen molar-refractivity contribution in [3.8, 4) is 11.3 Å². The number of anilines is 1. The lowest BCUT2D eigenvalue weighted by atomic mass is 10.0. The van der Waals surface area contributed by atoms with Gasteiger partial charge in [0.1, 0.15) is 11.6 Å². The van der Waals surface area contributed by atoms with E-state index in [1.165, 1.54) is 18.4 Å². The summed E-state index contributed by atoms with van der Waals surface area (Å²) in [5.74, 6) is 2.06. The van der Waals surface area contributed by atoms with Crippen LogP contribution in [0.2, 0.25) is 0 Å². The molecular weight excluding hydrogens is 234 g/mol. The first-order valence-electron chi connectivity index (χ1n) is 6.92. The Hall–Kier alpha value is -1.90. The Kier molecular flexibility index (Phi) is 2.97. The van der Waals surface area contributed by atoms with E-state index in [0.717, 1.165) is 29.1 Å². The molecule has 1 aliphatic carbocycles. The highest BCUT2D eigenvalue weighted by atomic mass is 15.0. The van der Waals surface area contributed by atoms with Crippen LogP contribution in [0.3, 0.4) is 0 Å². The molecule has 1 fully saturated rings. The van der Waals surface area contributed by atoms with Crippen molar-refractivity contribution in [2.45, 2.75) is 39.0 Å². The lowest BCUT2D eigenvalue weighted by molar-refractivity contribution is 0.927. The Labute approximate surface area is 113 Å². The molecule has 3 rings (SSSR count). The molecule has 3 nitrogen and oxygen atoms in total. The van der Waals surface area contributed by atoms with Gasteiger partial charge in [-0.15, -0.1) is 0 Å². The first-order valence-corrected chi connectivity index (χ1v) is 6.92. The van der Waals surface area contributed by atoms with Crippen LogP contribution in [0.5, 0.6) is 0 Å². The maximum Gasteiger partial charge on any atom is 0.134 e. The molecule has 0 aliphatic heterocycles. The van der Waals surface area contributed by atoms with E-state index in [2.05, 4.69) is 36.2 Å². The summed E-state index contributed by atoms with van der Waals surface area (Å²) in [4.78, 5) is 9.18. The number of hydrogen-bond donors (Lipinski definition) is 1. The molecule has 1 saturated carbocycles. The van der Waals surface area contributed by atoms with Crippen LogP contribution in [-0.4, -0.2) is 9.97 Å². The zero-order valence-corrected chi connectivity index (χ0v) is 11.5. The van der Waals surface area contributed by atoms with Crippen LogP contribution in [0.1, 0.15) is 42.6 Å². The molecule has 0 unspecified atom stereocenters. The number of aryl methyl sites for hydroxylation is 1. The normalized spacial score (nSPS) is 14.6. The van der Waals surface area contributed by atoms with Gasteiger partial charge in [0, 0.05) is 17.0 Å². The monoisotopic (exact) mass is 253 g/mol. The summed E-state index contributed by atoms with van der Waals surface area (Å²) in [6, 6.07) is 8.53. The van der Waals surface area contributed by atoms with E-state index in [9.17, 15) is 0 Å². The highest BCUT2D eigenvalue weighted by Crippen LogP contribution is 2.39. The zero-order chi connectivity index (χ0) is 13.4. The third-order valence-electron chi connectivity index (χ3n) is 3.75. The summed E-state index contributed by atoms with van der Waals surface area (Å²) >= 11 is 0. The molecule has 98 valence electrons. The topological polar surface area (TPSA) is 51.8 Å². The Bertz CT molecular complexity index is 615. The second-order valence-electron chi connectivity index (χ2n) is 5.27. The maximum absolute atomic E-state index is 6.04. The Morgan fingerprint density at radius 1 is 1.26 bits per heavy atom. The number of rotatable bonds is 3. The second-order valence-corrected chi connectivity index (χ2v) is 5.27. The average Bonchev–Trinajstić information content (AvgIpc) is 3.26. The van der Waals surface area contributed by atoms with Crippen LogP contribution in [0.15, 0.2) is 24.3 Å². The molecule has 2 aromatic rings. The number of aromatic nitrogens is 2. The molecule has 0 bridgehead atoms. The standard InChI is InChI=1S/C16H19N3/c1-3-11-5-4-6-13(9-11)14-10(2)15(17)19-16(18-14)12-7-8-12/h4-6,9,12H,3,7-8H2,1-2H3,(H2,17,18,19). The van der Waals surface area contributed by atoms with Gasteiger partial charge in [-0.25, -0.2) is 9.97 Å². The molecule has 0 saturated heterocycles. The van der Waals surface area contributed by atoms with Crippen molar-refractivity contribution in [2.75, 3.05) is 5.73 Å². The van der Waals surface area contributed by atoms with Crippen molar-refractivity contribution in [1.29, 1.82) is 0 Å². The fourth-order valence-electron chi connectivity index (χ4n) is 2.30. The van der Waals surface area contributed by atoms with Gasteiger partial charge in [-0.3, -0.25) is 0 Å². The SMILES string of the molecule is CCc1cccc(-c2nc(C3CC3)nc(N)c2C)c1. The van der Waals surface area contributed by atoms with Crippen molar-refractivity contribution in [2.24, 2.45) is 0 Å². The molecule has 3 heteroatoms. The summed E-state index contributed by atoms with van der Waals surface area (Å²) in [6.07, 6.45) is 3.41. The lowest BCUT2D eigenvalue weighted by Crippen LogP contribution is -2.04. The molecule has 19 heavy (non-hydrogen) atoms. The Balaban J connectivity index is 2.11. The zero-order valence-electron chi connectivity index (χ0n) is 11.5. The van der Waals surface area contributed by atoms with Crippen LogP contribution in [0, 0.1) is 6.92 Å². The molecule has 2 N–H and O–H groups in total. The number of nitrogen functional groups attached to an aromatic ring is 1. The highest BCUT2D eigenvalue weighted by molar-refractivity contribution is 5.68. The van der Waals surface area contributed by atoms with Crippen molar-refractivity contribution >= 4 is 5.82 Å². The van der Waals surface area contributed by atoms with Gasteiger partial charge in [-0.05, 0) is 37.8 Å². The molecule has 0 radical (unpaired) electrons. The summed E-state index contributed by atoms with van der Waals surface area (Å²) in [5, 5.41) is 0. The van der Waals surface area contributed by atoms with E-state index in [-0.39, 0.29) is 0 Å². The molecule has 0 spiro atoms. The molecule has 0 atom stereocenters. The van der Waals surface area contributed by atoms with E-state index in [0.29, 0.717) is 11.7 Å². The van der Waals surface area contributed by atoms with Crippen LogP contribution in [-0.2, 0) is 6.42 Å². The maximum atomic E-state index is 6.04. The van der Waals surface area contributed by atoms with Crippen molar-refractivity contribution in [3.05, 3.63) is 41.2 Å². The molecule has 0 amide bonds. The van der Waals surface area contributed by atoms with Gasteiger partial charge in [-0.2, -0.15) is 0 Å². The minimum Gasteiger partial charge on any atom is -0.383 e. The largest absolute Gasteiger partial charge is 0.383 e. The van der Waals surface area contributed by atoms with Crippen molar-refractivity contribution in [1.82, 2.24) is 9.97 Å². The van der Waals surface area contributed by atoms with Gasteiger partial charge in [-0.1, -0.05) is 25.1 Å². The summed E-state index contributed by atoms with van der Waals surface area (Å²) in [7, 11) is 0. The second kappa shape index (κ2) is 4.65. The van der Waals surface area contributed by atoms with Gasteiger partial charge in [0.05, 0.1) is 5.69 Å². The van der Waals surface area contributed by atoms with Crippen molar-refractivity contribution in [3.63, 3.8) is 0 Å². The van der Waals surface area contributed by atoms with Crippen molar-refractivity contribution < 1.29 is 0 Å². The fourth-order valence-corrected chi connectivity index (χ4v) is 2.30. The predicted molar refractivity (Wildman–Crippen MR) is 78.0 cm³/mol. The van der Waals surface area contributed by atoms with E-state index >= 15 is 0 Å². The summed E-state index contributed by atoms with van der Waals surface area (Å²) in [6.45, 7) is 4.16. The summed E-state index contributed by atoms with van der Waals surface area (Å²) < 4.78 is 0. The summed E-state index contributed by atoms with van der Waals surface area (Å²) in [5.41, 5.74) is 10.5. The first-order chi connectivity index (χ1) is 9.19. The van der Waals surface area contributed by atoms with E-state index in [1.807, 2.05) is 6.92 Å². The van der Waals surface area contributed by atoms with Gasteiger partial charge in [0.2, 0.25) is 0 Å². The molecule has 1 aliphatic rings. The minimum absolute atomic E-state index is 0.524. The third kappa shape index (κ3) is 2.33. The number of hydrogen-bond acceptors (Lipinski definition) is 3. The smallest absolute Gasteiger partial charge is 0.134 e. The van der Waals surface area contributed by atoms with Crippen LogP contribution in [0.25, 0.3) is 11.3 Å². The van der Waals surface area contributed by atoms with Crippen LogP contribution in [0.4, 0.5) is 5.82 Å². The molecule has 1 heterocycles. The van der Waals surface area contributed by atoms with Gasteiger partial charge in [0.15, 0.2) is 0 Å². The number of benzene rings is 1. The van der Waals surface area contributed by atoms with E-state index in [4.69, 9.17) is 10.7 Å². The molecule has 1 aromatic carbocycles. The van der Waals surface area contributed by atoms with E-state index < -0.39 is 0 Å². The third-order valence-corrected chi connectivity index (χ3v) is 3.75. The van der Waals surface area contributed by atoms with Crippen LogP contribution < -0.4 is 5.73 Å². The Morgan fingerprint density at radius 3 is 2.74 bits per heavy atom. The van der Waals surface area contributed by atoms with Crippen LogP contribution >= 0.6 is 0 Å². The molecule has 1 aromatic heterocycles. The lowest BCUT2D eigenvalue weighted by Gasteiger charge is -2.10. The number of nitrogens with zero attached hydrogens (tertiary/aromatic N) is 2. The molecular formula is C16H19N3.